The number of nitrogens with two attached hydrogens (primary N) is 1. The number of benzene rings is 2. The zero-order valence-corrected chi connectivity index (χ0v) is 14.0. The summed E-state index contributed by atoms with van der Waals surface area (Å²) in [7, 11) is 0. The third-order valence-corrected chi connectivity index (χ3v) is 5.52. The highest BCUT2D eigenvalue weighted by atomic mass is 16.5. The van der Waals surface area contributed by atoms with E-state index in [1.54, 1.807) is 0 Å². The Morgan fingerprint density at radius 3 is 2.04 bits per heavy atom. The molecule has 0 radical (unpaired) electrons. The lowest BCUT2D eigenvalue weighted by atomic mass is 9.76. The first kappa shape index (κ1) is 16.6. The maximum atomic E-state index is 12.0. The summed E-state index contributed by atoms with van der Waals surface area (Å²) in [6, 6.07) is 15.0. The molecule has 2 aliphatic rings. The number of para-hydroxylation sites is 2. The number of carboxylic acid groups (broad SMARTS) is 2. The van der Waals surface area contributed by atoms with E-state index in [9.17, 15) is 19.8 Å². The molecule has 6 heteroatoms. The summed E-state index contributed by atoms with van der Waals surface area (Å²) < 4.78 is 5.94. The Morgan fingerprint density at radius 1 is 1.04 bits per heavy atom. The van der Waals surface area contributed by atoms with Gasteiger partial charge < -0.3 is 20.7 Å². The third-order valence-electron chi connectivity index (χ3n) is 5.52. The maximum Gasteiger partial charge on any atom is 0.324 e. The Hall–Kier alpha value is -2.86. The van der Waals surface area contributed by atoms with Gasteiger partial charge in [-0.1, -0.05) is 36.4 Å². The molecule has 2 unspecified atom stereocenters. The van der Waals surface area contributed by atoms with Gasteiger partial charge in [0.1, 0.15) is 17.0 Å². The molecule has 1 fully saturated rings. The van der Waals surface area contributed by atoms with Crippen molar-refractivity contribution in [2.24, 2.45) is 17.6 Å². The largest absolute Gasteiger partial charge is 0.481 e. The number of carboxylic acids is 2. The quantitative estimate of drug-likeness (QED) is 0.762. The van der Waals surface area contributed by atoms with Gasteiger partial charge in [0.05, 0.1) is 5.92 Å². The molecule has 6 nitrogen and oxygen atoms in total. The van der Waals surface area contributed by atoms with Crippen molar-refractivity contribution >= 4 is 11.9 Å². The van der Waals surface area contributed by atoms with Crippen molar-refractivity contribution in [1.29, 1.82) is 0 Å². The second-order valence-corrected chi connectivity index (χ2v) is 7.07. The molecule has 4 N–H and O–H groups in total. The van der Waals surface area contributed by atoms with Crippen LogP contribution in [0.15, 0.2) is 48.5 Å². The van der Waals surface area contributed by atoms with Crippen LogP contribution in [0.4, 0.5) is 0 Å². The van der Waals surface area contributed by atoms with Crippen LogP contribution in [0.1, 0.15) is 29.9 Å². The van der Waals surface area contributed by atoms with Crippen LogP contribution in [-0.2, 0) is 9.59 Å². The topological polar surface area (TPSA) is 110 Å². The summed E-state index contributed by atoms with van der Waals surface area (Å²) in [6.45, 7) is 0. The van der Waals surface area contributed by atoms with Crippen molar-refractivity contribution in [3.63, 3.8) is 0 Å². The first-order chi connectivity index (χ1) is 12.4. The molecule has 134 valence electrons. The fourth-order valence-corrected chi connectivity index (χ4v) is 4.00. The van der Waals surface area contributed by atoms with Crippen molar-refractivity contribution in [3.8, 4) is 11.5 Å². The fraction of sp³-hybridized carbons (Fsp3) is 0.300. The van der Waals surface area contributed by atoms with Crippen molar-refractivity contribution in [2.45, 2.75) is 24.3 Å². The zero-order valence-electron chi connectivity index (χ0n) is 14.0. The molecule has 0 spiro atoms. The van der Waals surface area contributed by atoms with E-state index >= 15 is 0 Å². The van der Waals surface area contributed by atoms with Gasteiger partial charge in [0.25, 0.3) is 0 Å². The van der Waals surface area contributed by atoms with Crippen LogP contribution in [0.2, 0.25) is 0 Å². The predicted octanol–water partition coefficient (Wildman–Crippen LogP) is 2.82. The molecule has 0 amide bonds. The van der Waals surface area contributed by atoms with Crippen LogP contribution >= 0.6 is 0 Å². The highest BCUT2D eigenvalue weighted by Gasteiger charge is 2.59. The minimum absolute atomic E-state index is 0.119. The first-order valence-electron chi connectivity index (χ1n) is 8.52. The fourth-order valence-electron chi connectivity index (χ4n) is 4.00. The highest BCUT2D eigenvalue weighted by Crippen LogP contribution is 2.53. The van der Waals surface area contributed by atoms with E-state index in [1.807, 2.05) is 48.5 Å². The zero-order chi connectivity index (χ0) is 18.5. The molecule has 2 aromatic rings. The molecule has 0 saturated heterocycles. The highest BCUT2D eigenvalue weighted by molar-refractivity contribution is 5.83. The number of rotatable bonds is 5. The van der Waals surface area contributed by atoms with E-state index in [1.165, 1.54) is 0 Å². The van der Waals surface area contributed by atoms with Crippen molar-refractivity contribution in [1.82, 2.24) is 0 Å². The van der Waals surface area contributed by atoms with Crippen LogP contribution in [-0.4, -0.2) is 27.7 Å². The van der Waals surface area contributed by atoms with Crippen molar-refractivity contribution in [2.75, 3.05) is 0 Å². The third kappa shape index (κ3) is 2.54. The van der Waals surface area contributed by atoms with Gasteiger partial charge in [-0.25, -0.2) is 0 Å². The Labute approximate surface area is 150 Å². The van der Waals surface area contributed by atoms with E-state index < -0.39 is 29.3 Å². The Balaban J connectivity index is 1.75. The summed E-state index contributed by atoms with van der Waals surface area (Å²) in [5.41, 5.74) is 6.45. The number of hydrogen-bond acceptors (Lipinski definition) is 4. The first-order valence-corrected chi connectivity index (χ1v) is 8.52. The Morgan fingerprint density at radius 2 is 1.58 bits per heavy atom. The smallest absolute Gasteiger partial charge is 0.324 e. The summed E-state index contributed by atoms with van der Waals surface area (Å²) >= 11 is 0. The molecule has 2 aromatic carbocycles. The number of aliphatic carboxylic acids is 2. The standard InChI is InChI=1S/C20H19NO5/c21-20(19(24)25,15-9-13(15)18(22)23)10-14-11-5-1-3-7-16(11)26-17-8-4-2-6-12(14)17/h1-8,13-15H,9-10,21H2,(H,22,23)(H,24,25)/t13?,15?,20-/m0/s1. The van der Waals surface area contributed by atoms with Gasteiger partial charge in [-0.05, 0) is 25.0 Å². The summed E-state index contributed by atoms with van der Waals surface area (Å²) in [4.78, 5) is 23.3. The van der Waals surface area contributed by atoms with E-state index in [0.717, 1.165) is 11.1 Å². The molecular weight excluding hydrogens is 334 g/mol. The predicted molar refractivity (Wildman–Crippen MR) is 93.2 cm³/mol. The van der Waals surface area contributed by atoms with E-state index in [4.69, 9.17) is 10.5 Å². The molecule has 0 bridgehead atoms. The lowest BCUT2D eigenvalue weighted by Crippen LogP contribution is -2.52. The van der Waals surface area contributed by atoms with Crippen LogP contribution in [0.3, 0.4) is 0 Å². The van der Waals surface area contributed by atoms with Crippen LogP contribution in [0, 0.1) is 11.8 Å². The molecule has 1 saturated carbocycles. The molecule has 1 heterocycles. The number of carbonyl (C=O) groups is 2. The van der Waals surface area contributed by atoms with Crippen molar-refractivity contribution in [3.05, 3.63) is 59.7 Å². The van der Waals surface area contributed by atoms with Gasteiger partial charge in [-0.2, -0.15) is 0 Å². The summed E-state index contributed by atoms with van der Waals surface area (Å²) in [6.07, 6.45) is 0.415. The molecule has 4 rings (SSSR count). The van der Waals surface area contributed by atoms with Crippen LogP contribution in [0.25, 0.3) is 0 Å². The lowest BCUT2D eigenvalue weighted by molar-refractivity contribution is -0.145. The van der Waals surface area contributed by atoms with Crippen LogP contribution in [0.5, 0.6) is 11.5 Å². The lowest BCUT2D eigenvalue weighted by Gasteiger charge is -2.34. The second-order valence-electron chi connectivity index (χ2n) is 7.07. The van der Waals surface area contributed by atoms with Gasteiger partial charge in [0, 0.05) is 23.0 Å². The van der Waals surface area contributed by atoms with E-state index in [2.05, 4.69) is 0 Å². The van der Waals surface area contributed by atoms with Gasteiger partial charge in [0.2, 0.25) is 0 Å². The van der Waals surface area contributed by atoms with Gasteiger partial charge in [-0.15, -0.1) is 0 Å². The second kappa shape index (κ2) is 5.85. The Kier molecular flexibility index (Phi) is 3.73. The molecular formula is C20H19NO5. The number of fused-ring (bicyclic) bond motifs is 2. The minimum atomic E-state index is -1.61. The van der Waals surface area contributed by atoms with Gasteiger partial charge >= 0.3 is 11.9 Å². The minimum Gasteiger partial charge on any atom is -0.481 e. The molecule has 3 atom stereocenters. The monoisotopic (exact) mass is 353 g/mol. The molecule has 1 aliphatic carbocycles. The Bertz CT molecular complexity index is 850. The molecule has 0 aromatic heterocycles. The van der Waals surface area contributed by atoms with E-state index in [0.29, 0.717) is 17.9 Å². The summed E-state index contributed by atoms with van der Waals surface area (Å²) in [5, 5.41) is 19.0. The number of ether oxygens (including phenoxy) is 1. The summed E-state index contributed by atoms with van der Waals surface area (Å²) in [5.74, 6) is -2.33. The van der Waals surface area contributed by atoms with Crippen molar-refractivity contribution < 1.29 is 24.5 Å². The van der Waals surface area contributed by atoms with E-state index in [-0.39, 0.29) is 12.3 Å². The SMILES string of the molecule is N[C@](CC1c2ccccc2Oc2ccccc21)(C(=O)O)C1CC1C(=O)O. The van der Waals surface area contributed by atoms with Crippen LogP contribution < -0.4 is 10.5 Å². The number of hydrogen-bond donors (Lipinski definition) is 3. The average Bonchev–Trinajstić information content (AvgIpc) is 3.43. The van der Waals surface area contributed by atoms with Gasteiger partial charge in [0.15, 0.2) is 0 Å². The van der Waals surface area contributed by atoms with Gasteiger partial charge in [-0.3, -0.25) is 9.59 Å². The molecule has 1 aliphatic heterocycles. The maximum absolute atomic E-state index is 12.0. The molecule has 26 heavy (non-hydrogen) atoms. The normalized spacial score (nSPS) is 23.1. The average molecular weight is 353 g/mol.